The van der Waals surface area contributed by atoms with E-state index in [1.807, 2.05) is 0 Å². The minimum Gasteiger partial charge on any atom is -0.482 e. The lowest BCUT2D eigenvalue weighted by Gasteiger charge is -2.08. The maximum atomic E-state index is 11.4. The van der Waals surface area contributed by atoms with Gasteiger partial charge in [-0.2, -0.15) is 0 Å². The van der Waals surface area contributed by atoms with Crippen molar-refractivity contribution >= 4 is 35.1 Å². The van der Waals surface area contributed by atoms with Gasteiger partial charge in [0.05, 0.1) is 5.02 Å². The Kier molecular flexibility index (Phi) is 6.18. The lowest BCUT2D eigenvalue weighted by molar-refractivity contribution is -0.122. The number of imide groups is 1. The van der Waals surface area contributed by atoms with Crippen molar-refractivity contribution in [3.63, 3.8) is 0 Å². The standard InChI is InChI=1S/C12H12Cl2N2O3/c1-2-5-15-12(18)16-11(17)7-19-10-4-3-8(13)6-9(10)14/h2-4,6H,1,5,7H2,(H2,15,16,17,18). The van der Waals surface area contributed by atoms with Crippen LogP contribution < -0.4 is 15.4 Å². The first kappa shape index (κ1) is 15.3. The summed E-state index contributed by atoms with van der Waals surface area (Å²) in [7, 11) is 0. The lowest BCUT2D eigenvalue weighted by Crippen LogP contribution is -2.41. The number of urea groups is 1. The Morgan fingerprint density at radius 1 is 1.37 bits per heavy atom. The van der Waals surface area contributed by atoms with Gasteiger partial charge >= 0.3 is 6.03 Å². The number of carbonyl (C=O) groups excluding carboxylic acids is 2. The molecule has 0 radical (unpaired) electrons. The molecule has 1 rings (SSSR count). The largest absolute Gasteiger partial charge is 0.482 e. The first-order chi connectivity index (χ1) is 9.02. The van der Waals surface area contributed by atoms with Gasteiger partial charge in [-0.25, -0.2) is 4.79 Å². The topological polar surface area (TPSA) is 67.4 Å². The molecule has 0 fully saturated rings. The highest BCUT2D eigenvalue weighted by atomic mass is 35.5. The molecule has 3 amide bonds. The quantitative estimate of drug-likeness (QED) is 0.821. The van der Waals surface area contributed by atoms with Gasteiger partial charge in [0, 0.05) is 11.6 Å². The average molecular weight is 303 g/mol. The van der Waals surface area contributed by atoms with Crippen LogP contribution >= 0.6 is 23.2 Å². The molecular weight excluding hydrogens is 291 g/mol. The van der Waals surface area contributed by atoms with Crippen molar-refractivity contribution in [3.8, 4) is 5.75 Å². The molecule has 0 saturated heterocycles. The van der Waals surface area contributed by atoms with Crippen LogP contribution in [0.4, 0.5) is 4.79 Å². The van der Waals surface area contributed by atoms with Crippen LogP contribution in [0.2, 0.25) is 10.0 Å². The van der Waals surface area contributed by atoms with E-state index in [2.05, 4.69) is 17.2 Å². The van der Waals surface area contributed by atoms with Gasteiger partial charge in [-0.05, 0) is 18.2 Å². The van der Waals surface area contributed by atoms with Crippen molar-refractivity contribution in [1.29, 1.82) is 0 Å². The number of hydrogen-bond donors (Lipinski definition) is 2. The molecule has 2 N–H and O–H groups in total. The Balaban J connectivity index is 2.41. The molecule has 0 aliphatic carbocycles. The fourth-order valence-corrected chi connectivity index (χ4v) is 1.57. The van der Waals surface area contributed by atoms with E-state index in [0.717, 1.165) is 0 Å². The van der Waals surface area contributed by atoms with E-state index in [4.69, 9.17) is 27.9 Å². The number of ether oxygens (including phenoxy) is 1. The van der Waals surface area contributed by atoms with Gasteiger partial charge in [0.2, 0.25) is 0 Å². The molecular formula is C12H12Cl2N2O3. The average Bonchev–Trinajstić information content (AvgIpc) is 2.35. The van der Waals surface area contributed by atoms with Crippen LogP contribution in [-0.2, 0) is 4.79 Å². The molecule has 1 aromatic carbocycles. The first-order valence-corrected chi connectivity index (χ1v) is 6.05. The minimum absolute atomic E-state index is 0.267. The molecule has 19 heavy (non-hydrogen) atoms. The summed E-state index contributed by atoms with van der Waals surface area (Å²) < 4.78 is 5.16. The summed E-state index contributed by atoms with van der Waals surface area (Å²) in [5.41, 5.74) is 0. The van der Waals surface area contributed by atoms with Crippen molar-refractivity contribution in [3.05, 3.63) is 40.9 Å². The molecule has 0 unspecified atom stereocenters. The summed E-state index contributed by atoms with van der Waals surface area (Å²) in [6.45, 7) is 3.36. The molecule has 0 heterocycles. The van der Waals surface area contributed by atoms with E-state index in [1.54, 1.807) is 6.07 Å². The van der Waals surface area contributed by atoms with Gasteiger partial charge in [-0.1, -0.05) is 29.3 Å². The van der Waals surface area contributed by atoms with E-state index >= 15 is 0 Å². The molecule has 0 aromatic heterocycles. The zero-order valence-corrected chi connectivity index (χ0v) is 11.4. The summed E-state index contributed by atoms with van der Waals surface area (Å²) in [4.78, 5) is 22.5. The van der Waals surface area contributed by atoms with Gasteiger partial charge in [0.25, 0.3) is 5.91 Å². The van der Waals surface area contributed by atoms with E-state index in [1.165, 1.54) is 18.2 Å². The summed E-state index contributed by atoms with van der Waals surface area (Å²) in [5, 5.41) is 5.23. The molecule has 0 spiro atoms. The van der Waals surface area contributed by atoms with Gasteiger partial charge in [-0.15, -0.1) is 6.58 Å². The first-order valence-electron chi connectivity index (χ1n) is 5.29. The fraction of sp³-hybridized carbons (Fsp3) is 0.167. The number of carbonyl (C=O) groups is 2. The van der Waals surface area contributed by atoms with Crippen molar-refractivity contribution in [2.75, 3.05) is 13.2 Å². The SMILES string of the molecule is C=CCNC(=O)NC(=O)COc1ccc(Cl)cc1Cl. The Labute approximate surface area is 120 Å². The highest BCUT2D eigenvalue weighted by molar-refractivity contribution is 6.35. The highest BCUT2D eigenvalue weighted by Gasteiger charge is 2.09. The van der Waals surface area contributed by atoms with Gasteiger partial charge in [0.15, 0.2) is 6.61 Å². The van der Waals surface area contributed by atoms with Crippen LogP contribution in [0.5, 0.6) is 5.75 Å². The van der Waals surface area contributed by atoms with Crippen molar-refractivity contribution in [2.24, 2.45) is 0 Å². The van der Waals surface area contributed by atoms with Crippen LogP contribution in [0.25, 0.3) is 0 Å². The third kappa shape index (κ3) is 5.63. The normalized spacial score (nSPS) is 9.58. The zero-order chi connectivity index (χ0) is 14.3. The Hall–Kier alpha value is -1.72. The third-order valence-electron chi connectivity index (χ3n) is 1.91. The molecule has 102 valence electrons. The smallest absolute Gasteiger partial charge is 0.321 e. The summed E-state index contributed by atoms with van der Waals surface area (Å²) in [5.74, 6) is -0.278. The number of benzene rings is 1. The molecule has 0 bridgehead atoms. The van der Waals surface area contributed by atoms with E-state index in [0.29, 0.717) is 10.8 Å². The molecule has 0 saturated carbocycles. The van der Waals surface area contributed by atoms with Crippen LogP contribution in [0.3, 0.4) is 0 Å². The van der Waals surface area contributed by atoms with E-state index in [-0.39, 0.29) is 18.2 Å². The predicted octanol–water partition coefficient (Wildman–Crippen LogP) is 2.38. The number of halogens is 2. The number of rotatable bonds is 5. The summed E-state index contributed by atoms with van der Waals surface area (Å²) in [6, 6.07) is 4.00. The van der Waals surface area contributed by atoms with Crippen LogP contribution in [-0.4, -0.2) is 25.1 Å². The number of nitrogens with one attached hydrogen (secondary N) is 2. The Bertz CT molecular complexity index is 492. The van der Waals surface area contributed by atoms with Crippen LogP contribution in [0.1, 0.15) is 0 Å². The fourth-order valence-electron chi connectivity index (χ4n) is 1.11. The van der Waals surface area contributed by atoms with E-state index < -0.39 is 11.9 Å². The second kappa shape index (κ2) is 7.66. The van der Waals surface area contributed by atoms with Gasteiger partial charge in [-0.3, -0.25) is 10.1 Å². The molecule has 7 heteroatoms. The third-order valence-corrected chi connectivity index (χ3v) is 2.44. The second-order valence-corrected chi connectivity index (χ2v) is 4.25. The predicted molar refractivity (Wildman–Crippen MR) is 73.7 cm³/mol. The molecule has 0 aliphatic rings. The highest BCUT2D eigenvalue weighted by Crippen LogP contribution is 2.27. The Morgan fingerprint density at radius 2 is 2.11 bits per heavy atom. The molecule has 0 atom stereocenters. The number of hydrogen-bond acceptors (Lipinski definition) is 3. The second-order valence-electron chi connectivity index (χ2n) is 3.41. The monoisotopic (exact) mass is 302 g/mol. The van der Waals surface area contributed by atoms with Crippen molar-refractivity contribution < 1.29 is 14.3 Å². The summed E-state index contributed by atoms with van der Waals surface area (Å²) >= 11 is 11.6. The van der Waals surface area contributed by atoms with Gasteiger partial charge in [0.1, 0.15) is 5.75 Å². The minimum atomic E-state index is -0.615. The number of amides is 3. The zero-order valence-electron chi connectivity index (χ0n) is 9.91. The van der Waals surface area contributed by atoms with Gasteiger partial charge < -0.3 is 10.1 Å². The maximum Gasteiger partial charge on any atom is 0.321 e. The van der Waals surface area contributed by atoms with E-state index in [9.17, 15) is 9.59 Å². The molecule has 0 aliphatic heterocycles. The molecule has 1 aromatic rings. The maximum absolute atomic E-state index is 11.4. The van der Waals surface area contributed by atoms with Crippen molar-refractivity contribution in [1.82, 2.24) is 10.6 Å². The van der Waals surface area contributed by atoms with Crippen molar-refractivity contribution in [2.45, 2.75) is 0 Å². The lowest BCUT2D eigenvalue weighted by atomic mass is 10.3. The molecule has 5 nitrogen and oxygen atoms in total. The Morgan fingerprint density at radius 3 is 2.74 bits per heavy atom. The van der Waals surface area contributed by atoms with Crippen LogP contribution in [0.15, 0.2) is 30.9 Å². The van der Waals surface area contributed by atoms with Crippen LogP contribution in [0, 0.1) is 0 Å². The summed E-state index contributed by atoms with van der Waals surface area (Å²) in [6.07, 6.45) is 1.49.